The van der Waals surface area contributed by atoms with E-state index in [1.165, 1.54) is 11.1 Å². The summed E-state index contributed by atoms with van der Waals surface area (Å²) < 4.78 is 5.89. The summed E-state index contributed by atoms with van der Waals surface area (Å²) in [6.07, 6.45) is 0.644. The van der Waals surface area contributed by atoms with Crippen LogP contribution in [-0.4, -0.2) is 60.3 Å². The largest absolute Gasteiger partial charge is 0.491 e. The molecule has 0 radical (unpaired) electrons. The van der Waals surface area contributed by atoms with Crippen molar-refractivity contribution < 1.29 is 9.84 Å². The highest BCUT2D eigenvalue weighted by molar-refractivity contribution is 5.31. The third kappa shape index (κ3) is 7.91. The molecule has 0 aliphatic carbocycles. The topological polar surface area (TPSA) is 35.9 Å². The first-order valence-electron chi connectivity index (χ1n) is 12.0. The van der Waals surface area contributed by atoms with Crippen molar-refractivity contribution in [3.05, 3.63) is 65.7 Å². The minimum absolute atomic E-state index is 0.124. The fraction of sp³-hybridized carbons (Fsp3) is 0.571. The van der Waals surface area contributed by atoms with Gasteiger partial charge < -0.3 is 9.84 Å². The Morgan fingerprint density at radius 2 is 1.44 bits per heavy atom. The van der Waals surface area contributed by atoms with Crippen LogP contribution in [0.4, 0.5) is 0 Å². The van der Waals surface area contributed by atoms with E-state index in [4.69, 9.17) is 4.74 Å². The lowest BCUT2D eigenvalue weighted by Crippen LogP contribution is -2.48. The van der Waals surface area contributed by atoms with E-state index in [9.17, 15) is 5.11 Å². The first-order valence-corrected chi connectivity index (χ1v) is 12.0. The molecule has 1 heterocycles. The maximum Gasteiger partial charge on any atom is 0.119 e. The van der Waals surface area contributed by atoms with E-state index in [1.807, 2.05) is 12.1 Å². The van der Waals surface area contributed by atoms with Crippen molar-refractivity contribution >= 4 is 0 Å². The van der Waals surface area contributed by atoms with Crippen molar-refractivity contribution in [3.63, 3.8) is 0 Å². The van der Waals surface area contributed by atoms with Crippen LogP contribution in [0.2, 0.25) is 0 Å². The van der Waals surface area contributed by atoms with E-state index in [0.717, 1.165) is 44.9 Å². The fourth-order valence-electron chi connectivity index (χ4n) is 4.94. The van der Waals surface area contributed by atoms with Gasteiger partial charge >= 0.3 is 0 Å². The van der Waals surface area contributed by atoms with Gasteiger partial charge in [0.15, 0.2) is 0 Å². The highest BCUT2D eigenvalue weighted by Crippen LogP contribution is 2.36. The Bertz CT molecular complexity index is 804. The van der Waals surface area contributed by atoms with Gasteiger partial charge in [-0.1, -0.05) is 77.1 Å². The van der Waals surface area contributed by atoms with Crippen LogP contribution in [0.3, 0.4) is 0 Å². The smallest absolute Gasteiger partial charge is 0.119 e. The molecule has 3 rings (SSSR count). The Kier molecular flexibility index (Phi) is 8.37. The van der Waals surface area contributed by atoms with Gasteiger partial charge in [-0.15, -0.1) is 0 Å². The molecule has 1 aliphatic rings. The molecule has 0 saturated carbocycles. The first kappa shape index (κ1) is 24.8. The zero-order valence-electron chi connectivity index (χ0n) is 20.7. The SMILES string of the molecule is CC(C)(C)CC(C)(C)c1ccc(OCC(O)CN2CCN(Cc3ccccc3)CC2)cc1. The average Bonchev–Trinajstić information content (AvgIpc) is 2.73. The van der Waals surface area contributed by atoms with Gasteiger partial charge in [0.1, 0.15) is 18.5 Å². The lowest BCUT2D eigenvalue weighted by molar-refractivity contribution is 0.0446. The highest BCUT2D eigenvalue weighted by Gasteiger charge is 2.27. The molecule has 1 saturated heterocycles. The molecule has 1 aliphatic heterocycles. The molecule has 0 bridgehead atoms. The molecule has 2 aromatic carbocycles. The summed E-state index contributed by atoms with van der Waals surface area (Å²) in [5, 5.41) is 10.5. The molecule has 32 heavy (non-hydrogen) atoms. The zero-order chi connectivity index (χ0) is 23.2. The maximum atomic E-state index is 10.5. The van der Waals surface area contributed by atoms with Crippen LogP contribution in [0, 0.1) is 5.41 Å². The standard InChI is InChI=1S/C28H42N2O2/c1-27(2,3)22-28(4,5)24-11-13-26(14-12-24)32-21-25(31)20-30-17-15-29(16-18-30)19-23-9-7-6-8-10-23/h6-14,25,31H,15-22H2,1-5H3. The van der Waals surface area contributed by atoms with Crippen molar-refractivity contribution in [2.45, 2.75) is 59.1 Å². The summed E-state index contributed by atoms with van der Waals surface area (Å²) in [7, 11) is 0. The van der Waals surface area contributed by atoms with Crippen LogP contribution < -0.4 is 4.74 Å². The summed E-state index contributed by atoms with van der Waals surface area (Å²) in [6, 6.07) is 19.0. The van der Waals surface area contributed by atoms with E-state index in [-0.39, 0.29) is 10.8 Å². The Hall–Kier alpha value is -1.88. The van der Waals surface area contributed by atoms with Crippen molar-refractivity contribution in [2.75, 3.05) is 39.3 Å². The van der Waals surface area contributed by atoms with Gasteiger partial charge in [0, 0.05) is 39.3 Å². The molecule has 1 unspecified atom stereocenters. The van der Waals surface area contributed by atoms with Gasteiger partial charge in [0.25, 0.3) is 0 Å². The number of nitrogens with zero attached hydrogens (tertiary/aromatic N) is 2. The molecular formula is C28H42N2O2. The molecule has 4 heteroatoms. The van der Waals surface area contributed by atoms with Gasteiger partial charge in [0.2, 0.25) is 0 Å². The zero-order valence-corrected chi connectivity index (χ0v) is 20.7. The predicted molar refractivity (Wildman–Crippen MR) is 133 cm³/mol. The number of aliphatic hydroxyl groups excluding tert-OH is 1. The fourth-order valence-corrected chi connectivity index (χ4v) is 4.94. The molecule has 1 fully saturated rings. The van der Waals surface area contributed by atoms with Crippen LogP contribution >= 0.6 is 0 Å². The third-order valence-electron chi connectivity index (χ3n) is 6.23. The third-order valence-corrected chi connectivity index (χ3v) is 6.23. The second-order valence-electron chi connectivity index (χ2n) is 11.2. The lowest BCUT2D eigenvalue weighted by Gasteiger charge is -2.35. The normalized spacial score (nSPS) is 17.3. The van der Waals surface area contributed by atoms with Crippen LogP contribution in [-0.2, 0) is 12.0 Å². The molecule has 0 amide bonds. The molecule has 4 nitrogen and oxygen atoms in total. The van der Waals surface area contributed by atoms with Crippen molar-refractivity contribution in [1.82, 2.24) is 9.80 Å². The molecule has 1 N–H and O–H groups in total. The van der Waals surface area contributed by atoms with E-state index >= 15 is 0 Å². The van der Waals surface area contributed by atoms with E-state index in [1.54, 1.807) is 0 Å². The number of hydrogen-bond acceptors (Lipinski definition) is 4. The second-order valence-corrected chi connectivity index (χ2v) is 11.2. The average molecular weight is 439 g/mol. The monoisotopic (exact) mass is 438 g/mol. The molecular weight excluding hydrogens is 396 g/mol. The number of β-amino-alcohol motifs (C(OH)–C–C–N with tert-alkyl or cyclic N) is 1. The number of benzene rings is 2. The molecule has 176 valence electrons. The van der Waals surface area contributed by atoms with Gasteiger partial charge in [-0.3, -0.25) is 9.80 Å². The van der Waals surface area contributed by atoms with Gasteiger partial charge in [0.05, 0.1) is 0 Å². The number of aliphatic hydroxyl groups is 1. The van der Waals surface area contributed by atoms with E-state index in [0.29, 0.717) is 13.2 Å². The van der Waals surface area contributed by atoms with E-state index < -0.39 is 6.10 Å². The summed E-state index contributed by atoms with van der Waals surface area (Å²) in [6.45, 7) is 17.5. The van der Waals surface area contributed by atoms with Gasteiger partial charge in [-0.25, -0.2) is 0 Å². The Morgan fingerprint density at radius 3 is 2.03 bits per heavy atom. The Labute approximate surface area is 195 Å². The van der Waals surface area contributed by atoms with Gasteiger partial charge in [-0.2, -0.15) is 0 Å². The Balaban J connectivity index is 1.39. The number of hydrogen-bond donors (Lipinski definition) is 1. The molecule has 0 aromatic heterocycles. The number of ether oxygens (including phenoxy) is 1. The Morgan fingerprint density at radius 1 is 0.844 bits per heavy atom. The van der Waals surface area contributed by atoms with Crippen molar-refractivity contribution in [1.29, 1.82) is 0 Å². The summed E-state index contributed by atoms with van der Waals surface area (Å²) in [4.78, 5) is 4.82. The predicted octanol–water partition coefficient (Wildman–Crippen LogP) is 4.96. The quantitative estimate of drug-likeness (QED) is 0.600. The van der Waals surface area contributed by atoms with Crippen LogP contribution in [0.15, 0.2) is 54.6 Å². The minimum atomic E-state index is -0.479. The number of piperazine rings is 1. The maximum absolute atomic E-state index is 10.5. The van der Waals surface area contributed by atoms with Gasteiger partial charge in [-0.05, 0) is 40.5 Å². The van der Waals surface area contributed by atoms with Crippen LogP contribution in [0.5, 0.6) is 5.75 Å². The summed E-state index contributed by atoms with van der Waals surface area (Å²) in [5.74, 6) is 0.826. The lowest BCUT2D eigenvalue weighted by atomic mass is 9.72. The summed E-state index contributed by atoms with van der Waals surface area (Å²) in [5.41, 5.74) is 3.10. The first-order chi connectivity index (χ1) is 15.1. The molecule has 1 atom stereocenters. The highest BCUT2D eigenvalue weighted by atomic mass is 16.5. The van der Waals surface area contributed by atoms with Crippen LogP contribution in [0.25, 0.3) is 0 Å². The second kappa shape index (κ2) is 10.8. The van der Waals surface area contributed by atoms with Crippen molar-refractivity contribution in [2.24, 2.45) is 5.41 Å². The minimum Gasteiger partial charge on any atom is -0.491 e. The molecule has 2 aromatic rings. The summed E-state index contributed by atoms with van der Waals surface area (Å²) >= 11 is 0. The number of rotatable bonds is 9. The van der Waals surface area contributed by atoms with Crippen LogP contribution in [0.1, 0.15) is 52.2 Å². The van der Waals surface area contributed by atoms with E-state index in [2.05, 4.69) is 86.9 Å². The van der Waals surface area contributed by atoms with Crippen molar-refractivity contribution in [3.8, 4) is 5.75 Å². The molecule has 0 spiro atoms.